The number of thioether (sulfide) groups is 1. The summed E-state index contributed by atoms with van der Waals surface area (Å²) in [5, 5.41) is 0.505. The van der Waals surface area contributed by atoms with E-state index in [0.717, 1.165) is 24.4 Å². The number of benzene rings is 2. The molecule has 0 aromatic heterocycles. The van der Waals surface area contributed by atoms with Crippen LogP contribution in [0.3, 0.4) is 0 Å². The van der Waals surface area contributed by atoms with E-state index < -0.39 is 0 Å². The van der Waals surface area contributed by atoms with Gasteiger partial charge in [-0.25, -0.2) is 0 Å². The van der Waals surface area contributed by atoms with Gasteiger partial charge >= 0.3 is 0 Å². The van der Waals surface area contributed by atoms with Gasteiger partial charge < -0.3 is 9.64 Å². The average Bonchev–Trinajstić information content (AvgIpc) is 2.83. The van der Waals surface area contributed by atoms with Crippen LogP contribution in [0.4, 0.5) is 5.69 Å². The van der Waals surface area contributed by atoms with Crippen LogP contribution in [0.25, 0.3) is 0 Å². The van der Waals surface area contributed by atoms with Crippen molar-refractivity contribution in [2.45, 2.75) is 43.3 Å². The van der Waals surface area contributed by atoms with Crippen molar-refractivity contribution in [1.29, 1.82) is 0 Å². The summed E-state index contributed by atoms with van der Waals surface area (Å²) < 4.78 is 5.70. The van der Waals surface area contributed by atoms with E-state index in [9.17, 15) is 9.59 Å². The van der Waals surface area contributed by atoms with E-state index in [1.165, 1.54) is 4.90 Å². The van der Waals surface area contributed by atoms with Crippen molar-refractivity contribution in [3.05, 3.63) is 54.1 Å². The molecule has 1 atom stereocenters. The number of anilines is 1. The van der Waals surface area contributed by atoms with Gasteiger partial charge in [0.05, 0.1) is 12.3 Å². The predicted molar refractivity (Wildman–Crippen MR) is 110 cm³/mol. The highest BCUT2D eigenvalue weighted by Gasteiger charge is 2.23. The first-order valence-corrected chi connectivity index (χ1v) is 10.2. The Bertz CT molecular complexity index is 803. The molecule has 2 aromatic rings. The zero-order valence-electron chi connectivity index (χ0n) is 15.8. The summed E-state index contributed by atoms with van der Waals surface area (Å²) >= 11 is 1.84. The number of hydrogen-bond donors (Lipinski definition) is 0. The smallest absolute Gasteiger partial charge is 0.227 e. The summed E-state index contributed by atoms with van der Waals surface area (Å²) in [5.41, 5.74) is 1.70. The maximum absolute atomic E-state index is 12.8. The number of ketones is 1. The van der Waals surface area contributed by atoms with Gasteiger partial charge in [0.25, 0.3) is 0 Å². The Morgan fingerprint density at radius 1 is 1.15 bits per heavy atom. The number of Topliss-reactive ketones (excluding diaryl/α,β-unsaturated/α-hetero) is 1. The lowest BCUT2D eigenvalue weighted by molar-refractivity contribution is -0.118. The van der Waals surface area contributed by atoms with E-state index in [1.54, 1.807) is 31.2 Å². The van der Waals surface area contributed by atoms with E-state index in [2.05, 4.69) is 13.0 Å². The number of carbonyl (C=O) groups excluding carboxylic acids is 2. The molecule has 2 aromatic carbocycles. The van der Waals surface area contributed by atoms with Crippen LogP contribution in [0, 0.1) is 0 Å². The van der Waals surface area contributed by atoms with Crippen molar-refractivity contribution < 1.29 is 14.3 Å². The van der Waals surface area contributed by atoms with Gasteiger partial charge in [-0.3, -0.25) is 9.59 Å². The van der Waals surface area contributed by atoms with Gasteiger partial charge in [-0.15, -0.1) is 11.8 Å². The quantitative estimate of drug-likeness (QED) is 0.522. The Balaban J connectivity index is 1.52. The third-order valence-corrected chi connectivity index (χ3v) is 5.85. The molecule has 0 aliphatic carbocycles. The lowest BCUT2D eigenvalue weighted by Gasteiger charge is -2.22. The van der Waals surface area contributed by atoms with Crippen molar-refractivity contribution in [3.63, 3.8) is 0 Å². The van der Waals surface area contributed by atoms with Crippen LogP contribution in [0.2, 0.25) is 0 Å². The molecule has 0 fully saturated rings. The molecule has 1 aliphatic rings. The fraction of sp³-hybridized carbons (Fsp3) is 0.364. The maximum atomic E-state index is 12.8. The van der Waals surface area contributed by atoms with E-state index in [1.807, 2.05) is 34.9 Å². The minimum absolute atomic E-state index is 0.0392. The second kappa shape index (κ2) is 9.09. The monoisotopic (exact) mass is 383 g/mol. The lowest BCUT2D eigenvalue weighted by atomic mass is 10.1. The molecule has 1 aliphatic heterocycles. The van der Waals surface area contributed by atoms with Gasteiger partial charge in [0, 0.05) is 28.7 Å². The molecule has 3 rings (SSSR count). The van der Waals surface area contributed by atoms with Crippen molar-refractivity contribution in [3.8, 4) is 5.75 Å². The van der Waals surface area contributed by atoms with Crippen molar-refractivity contribution in [1.82, 2.24) is 0 Å². The Morgan fingerprint density at radius 3 is 2.63 bits per heavy atom. The number of hydrogen-bond acceptors (Lipinski definition) is 4. The topological polar surface area (TPSA) is 46.6 Å². The van der Waals surface area contributed by atoms with Crippen molar-refractivity contribution in [2.24, 2.45) is 0 Å². The molecule has 0 radical (unpaired) electrons. The normalized spacial score (nSPS) is 16.4. The van der Waals surface area contributed by atoms with E-state index >= 15 is 0 Å². The van der Waals surface area contributed by atoms with Crippen LogP contribution in [0.15, 0.2) is 53.4 Å². The highest BCUT2D eigenvalue weighted by atomic mass is 32.2. The number of fused-ring (bicyclic) bond motifs is 1. The molecular weight excluding hydrogens is 358 g/mol. The first kappa shape index (κ1) is 19.5. The minimum Gasteiger partial charge on any atom is -0.494 e. The molecule has 4 nitrogen and oxygen atoms in total. The Morgan fingerprint density at radius 2 is 1.89 bits per heavy atom. The van der Waals surface area contributed by atoms with Gasteiger partial charge in [0.1, 0.15) is 5.75 Å². The summed E-state index contributed by atoms with van der Waals surface area (Å²) in [6, 6.07) is 15.2. The van der Waals surface area contributed by atoms with Gasteiger partial charge in [0.15, 0.2) is 5.78 Å². The predicted octanol–water partition coefficient (Wildman–Crippen LogP) is 4.97. The molecule has 142 valence electrons. The molecule has 0 saturated heterocycles. The van der Waals surface area contributed by atoms with E-state index in [0.29, 0.717) is 30.3 Å². The largest absolute Gasteiger partial charge is 0.494 e. The standard InChI is InChI=1S/C22H25NO3S/c1-16-13-14-23(20-6-3-4-7-21(20)27-16)22(25)8-5-15-26-19-11-9-18(10-12-19)17(2)24/h3-4,6-7,9-12,16H,5,8,13-15H2,1-2H3. The Labute approximate surface area is 164 Å². The van der Waals surface area contributed by atoms with Crippen LogP contribution in [-0.2, 0) is 4.79 Å². The molecule has 1 amide bonds. The first-order chi connectivity index (χ1) is 13.0. The second-order valence-electron chi connectivity index (χ2n) is 6.76. The fourth-order valence-electron chi connectivity index (χ4n) is 3.08. The number of rotatable bonds is 6. The third-order valence-electron chi connectivity index (χ3n) is 4.61. The van der Waals surface area contributed by atoms with Gasteiger partial charge in [-0.2, -0.15) is 0 Å². The number of amides is 1. The lowest BCUT2D eigenvalue weighted by Crippen LogP contribution is -2.32. The molecule has 1 unspecified atom stereocenters. The van der Waals surface area contributed by atoms with Crippen LogP contribution < -0.4 is 9.64 Å². The summed E-state index contributed by atoms with van der Waals surface area (Å²) in [5.74, 6) is 0.905. The fourth-order valence-corrected chi connectivity index (χ4v) is 4.19. The maximum Gasteiger partial charge on any atom is 0.227 e. The second-order valence-corrected chi connectivity index (χ2v) is 8.24. The number of nitrogens with zero attached hydrogens (tertiary/aromatic N) is 1. The average molecular weight is 384 g/mol. The number of ether oxygens (including phenoxy) is 1. The Kier molecular flexibility index (Phi) is 6.56. The van der Waals surface area contributed by atoms with Gasteiger partial charge in [0.2, 0.25) is 5.91 Å². The molecule has 27 heavy (non-hydrogen) atoms. The van der Waals surface area contributed by atoms with Crippen LogP contribution in [0.1, 0.15) is 43.5 Å². The summed E-state index contributed by atoms with van der Waals surface area (Å²) in [7, 11) is 0. The van der Waals surface area contributed by atoms with Crippen molar-refractivity contribution in [2.75, 3.05) is 18.1 Å². The molecule has 5 heteroatoms. The van der Waals surface area contributed by atoms with Crippen LogP contribution in [0.5, 0.6) is 5.75 Å². The first-order valence-electron chi connectivity index (χ1n) is 9.34. The molecule has 0 spiro atoms. The highest BCUT2D eigenvalue weighted by Crippen LogP contribution is 2.37. The van der Waals surface area contributed by atoms with E-state index in [4.69, 9.17) is 4.74 Å². The number of para-hydroxylation sites is 1. The third kappa shape index (κ3) is 5.13. The van der Waals surface area contributed by atoms with Gasteiger partial charge in [-0.05, 0) is 56.2 Å². The zero-order chi connectivity index (χ0) is 19.2. The highest BCUT2D eigenvalue weighted by molar-refractivity contribution is 8.00. The van der Waals surface area contributed by atoms with Crippen LogP contribution >= 0.6 is 11.8 Å². The SMILES string of the molecule is CC(=O)c1ccc(OCCCC(=O)N2CCC(C)Sc3ccccc32)cc1. The van der Waals surface area contributed by atoms with E-state index in [-0.39, 0.29) is 11.7 Å². The van der Waals surface area contributed by atoms with Crippen LogP contribution in [-0.4, -0.2) is 30.1 Å². The summed E-state index contributed by atoms with van der Waals surface area (Å²) in [6.07, 6.45) is 2.11. The van der Waals surface area contributed by atoms with Crippen molar-refractivity contribution >= 4 is 29.1 Å². The van der Waals surface area contributed by atoms with Gasteiger partial charge in [-0.1, -0.05) is 19.1 Å². The molecular formula is C22H25NO3S. The molecule has 0 N–H and O–H groups in total. The number of carbonyl (C=O) groups is 2. The summed E-state index contributed by atoms with van der Waals surface area (Å²) in [4.78, 5) is 27.2. The zero-order valence-corrected chi connectivity index (χ0v) is 16.6. The molecule has 0 saturated carbocycles. The summed E-state index contributed by atoms with van der Waals surface area (Å²) in [6.45, 7) is 4.99. The minimum atomic E-state index is 0.0392. The molecule has 0 bridgehead atoms. The Hall–Kier alpha value is -2.27. The molecule has 1 heterocycles.